The van der Waals surface area contributed by atoms with E-state index in [0.29, 0.717) is 19.6 Å². The van der Waals surface area contributed by atoms with E-state index < -0.39 is 9.84 Å². The summed E-state index contributed by atoms with van der Waals surface area (Å²) in [5.41, 5.74) is 2.30. The minimum Gasteiger partial charge on any atom is -0.351 e. The first-order valence-corrected chi connectivity index (χ1v) is 10.2. The van der Waals surface area contributed by atoms with Gasteiger partial charge in [0.25, 0.3) is 0 Å². The molecule has 1 saturated heterocycles. The highest BCUT2D eigenvalue weighted by Gasteiger charge is 2.22. The molecule has 1 aliphatic rings. The maximum absolute atomic E-state index is 12.0. The Morgan fingerprint density at radius 2 is 1.92 bits per heavy atom. The first-order valence-electron chi connectivity index (χ1n) is 8.34. The van der Waals surface area contributed by atoms with Crippen molar-refractivity contribution in [2.45, 2.75) is 20.0 Å². The Bertz CT molecular complexity index is 647. The Morgan fingerprint density at radius 3 is 2.58 bits per heavy atom. The fourth-order valence-electron chi connectivity index (χ4n) is 2.63. The molecule has 0 radical (unpaired) electrons. The van der Waals surface area contributed by atoms with Crippen molar-refractivity contribution < 1.29 is 13.2 Å². The number of carbonyl (C=O) groups excluding carboxylic acids is 1. The molecule has 1 fully saturated rings. The Morgan fingerprint density at radius 1 is 1.25 bits per heavy atom. The molecule has 0 spiro atoms. The summed E-state index contributed by atoms with van der Waals surface area (Å²) in [5.74, 6) is 0.228. The van der Waals surface area contributed by atoms with Crippen LogP contribution in [0.4, 0.5) is 0 Å². The van der Waals surface area contributed by atoms with E-state index in [1.54, 1.807) is 0 Å². The first kappa shape index (κ1) is 18.9. The van der Waals surface area contributed by atoms with E-state index in [1.165, 1.54) is 5.56 Å². The van der Waals surface area contributed by atoms with E-state index in [1.807, 2.05) is 17.0 Å². The van der Waals surface area contributed by atoms with Crippen LogP contribution in [0.2, 0.25) is 0 Å². The van der Waals surface area contributed by atoms with Gasteiger partial charge in [0.05, 0.1) is 18.1 Å². The smallest absolute Gasteiger partial charge is 0.234 e. The van der Waals surface area contributed by atoms with Crippen LogP contribution in [0.5, 0.6) is 0 Å². The van der Waals surface area contributed by atoms with Gasteiger partial charge in [-0.2, -0.15) is 0 Å². The van der Waals surface area contributed by atoms with Crippen LogP contribution in [0, 0.1) is 0 Å². The van der Waals surface area contributed by atoms with Gasteiger partial charge in [-0.05, 0) is 24.7 Å². The van der Waals surface area contributed by atoms with Crippen LogP contribution in [0.3, 0.4) is 0 Å². The highest BCUT2D eigenvalue weighted by atomic mass is 32.2. The van der Waals surface area contributed by atoms with Crippen molar-refractivity contribution in [1.29, 1.82) is 0 Å². The molecule has 0 aromatic heterocycles. The molecule has 0 saturated carbocycles. The van der Waals surface area contributed by atoms with Crippen molar-refractivity contribution in [3.8, 4) is 0 Å². The van der Waals surface area contributed by atoms with Crippen LogP contribution in [0.1, 0.15) is 18.1 Å². The lowest BCUT2D eigenvalue weighted by Gasteiger charge is -2.25. The van der Waals surface area contributed by atoms with Gasteiger partial charge in [-0.15, -0.1) is 0 Å². The third-order valence-corrected chi connectivity index (χ3v) is 5.89. The van der Waals surface area contributed by atoms with E-state index >= 15 is 0 Å². The topological polar surface area (TPSA) is 69.7 Å². The minimum atomic E-state index is -2.90. The highest BCUT2D eigenvalue weighted by Crippen LogP contribution is 2.08. The molecule has 0 aliphatic carbocycles. The van der Waals surface area contributed by atoms with Gasteiger partial charge in [-0.1, -0.05) is 31.2 Å². The second-order valence-electron chi connectivity index (χ2n) is 6.36. The number of benzene rings is 1. The number of hydrogen-bond acceptors (Lipinski definition) is 5. The molecule has 0 atom stereocenters. The number of sulfone groups is 1. The maximum Gasteiger partial charge on any atom is 0.234 e. The average molecular weight is 353 g/mol. The molecular weight excluding hydrogens is 326 g/mol. The van der Waals surface area contributed by atoms with Gasteiger partial charge in [0.2, 0.25) is 5.91 Å². The Kier molecular flexibility index (Phi) is 6.77. The third-order valence-electron chi connectivity index (χ3n) is 4.28. The molecule has 0 unspecified atom stereocenters. The van der Waals surface area contributed by atoms with Crippen molar-refractivity contribution in [3.63, 3.8) is 0 Å². The lowest BCUT2D eigenvalue weighted by Crippen LogP contribution is -2.45. The van der Waals surface area contributed by atoms with Gasteiger partial charge in [-0.3, -0.25) is 9.69 Å². The molecule has 1 heterocycles. The van der Waals surface area contributed by atoms with Gasteiger partial charge in [0.15, 0.2) is 9.84 Å². The predicted octanol–water partition coefficient (Wildman–Crippen LogP) is 0.485. The average Bonchev–Trinajstić information content (AvgIpc) is 2.55. The van der Waals surface area contributed by atoms with Crippen molar-refractivity contribution >= 4 is 15.7 Å². The fourth-order valence-corrected chi connectivity index (χ4v) is 3.91. The van der Waals surface area contributed by atoms with Crippen molar-refractivity contribution in [1.82, 2.24) is 15.1 Å². The van der Waals surface area contributed by atoms with Gasteiger partial charge in [-0.25, -0.2) is 8.42 Å². The molecule has 1 N–H and O–H groups in total. The van der Waals surface area contributed by atoms with Crippen LogP contribution in [0.15, 0.2) is 24.3 Å². The number of hydrogen-bond donors (Lipinski definition) is 1. The second-order valence-corrected chi connectivity index (χ2v) is 8.66. The lowest BCUT2D eigenvalue weighted by atomic mass is 10.1. The number of nitrogens with one attached hydrogen (secondary N) is 1. The van der Waals surface area contributed by atoms with E-state index in [4.69, 9.17) is 0 Å². The summed E-state index contributed by atoms with van der Waals surface area (Å²) in [6.07, 6.45) is 0. The molecule has 1 aliphatic heterocycles. The molecule has 2 rings (SSSR count). The van der Waals surface area contributed by atoms with Crippen LogP contribution in [-0.2, 0) is 27.7 Å². The molecule has 6 nitrogen and oxygen atoms in total. The van der Waals surface area contributed by atoms with Crippen LogP contribution >= 0.6 is 0 Å². The van der Waals surface area contributed by atoms with E-state index in [-0.39, 0.29) is 24.0 Å². The lowest BCUT2D eigenvalue weighted by molar-refractivity contribution is -0.122. The zero-order valence-corrected chi connectivity index (χ0v) is 15.3. The van der Waals surface area contributed by atoms with Crippen LogP contribution in [-0.4, -0.2) is 68.9 Å². The van der Waals surface area contributed by atoms with E-state index in [9.17, 15) is 13.2 Å². The van der Waals surface area contributed by atoms with Crippen molar-refractivity contribution in [3.05, 3.63) is 35.4 Å². The summed E-state index contributed by atoms with van der Waals surface area (Å²) in [6.45, 7) is 5.63. The van der Waals surface area contributed by atoms with Crippen LogP contribution in [0.25, 0.3) is 0 Å². The van der Waals surface area contributed by atoms with E-state index in [2.05, 4.69) is 36.3 Å². The van der Waals surface area contributed by atoms with Gasteiger partial charge >= 0.3 is 0 Å². The minimum absolute atomic E-state index is 0.0645. The Hall–Kier alpha value is -1.44. The molecular formula is C17H27N3O3S. The Balaban J connectivity index is 1.78. The number of amides is 1. The van der Waals surface area contributed by atoms with Gasteiger partial charge in [0.1, 0.15) is 0 Å². The number of carbonyl (C=O) groups is 1. The molecule has 1 aromatic rings. The summed E-state index contributed by atoms with van der Waals surface area (Å²) >= 11 is 0. The summed E-state index contributed by atoms with van der Waals surface area (Å²) in [5, 5.41) is 2.92. The standard InChI is InChI=1S/C17H27N3O3S/c1-3-19(2)13-16-6-4-5-15(11-16)12-18-17(21)14-20-7-9-24(22,23)10-8-20/h4-6,11H,3,7-10,12-14H2,1-2H3,(H,18,21). The quantitative estimate of drug-likeness (QED) is 0.772. The highest BCUT2D eigenvalue weighted by molar-refractivity contribution is 7.91. The van der Waals surface area contributed by atoms with Gasteiger partial charge < -0.3 is 10.2 Å². The molecule has 7 heteroatoms. The number of rotatable bonds is 7. The third kappa shape index (κ3) is 6.22. The molecule has 1 amide bonds. The first-order chi connectivity index (χ1) is 11.4. The summed E-state index contributed by atoms with van der Waals surface area (Å²) in [6, 6.07) is 8.21. The largest absolute Gasteiger partial charge is 0.351 e. The molecule has 24 heavy (non-hydrogen) atoms. The summed E-state index contributed by atoms with van der Waals surface area (Å²) in [7, 11) is -0.824. The fraction of sp³-hybridized carbons (Fsp3) is 0.588. The summed E-state index contributed by atoms with van der Waals surface area (Å²) in [4.78, 5) is 16.2. The van der Waals surface area contributed by atoms with E-state index in [0.717, 1.165) is 18.7 Å². The zero-order chi connectivity index (χ0) is 17.6. The van der Waals surface area contributed by atoms with Gasteiger partial charge in [0, 0.05) is 26.2 Å². The Labute approximate surface area is 144 Å². The molecule has 1 aromatic carbocycles. The second kappa shape index (κ2) is 8.60. The predicted molar refractivity (Wildman–Crippen MR) is 95.4 cm³/mol. The number of nitrogens with zero attached hydrogens (tertiary/aromatic N) is 2. The monoisotopic (exact) mass is 353 g/mol. The molecule has 0 bridgehead atoms. The SMILES string of the molecule is CCN(C)Cc1cccc(CNC(=O)CN2CCS(=O)(=O)CC2)c1. The van der Waals surface area contributed by atoms with Crippen LogP contribution < -0.4 is 5.32 Å². The van der Waals surface area contributed by atoms with Crippen molar-refractivity contribution in [2.24, 2.45) is 0 Å². The summed E-state index contributed by atoms with van der Waals surface area (Å²) < 4.78 is 22.8. The zero-order valence-electron chi connectivity index (χ0n) is 14.5. The van der Waals surface area contributed by atoms with Crippen molar-refractivity contribution in [2.75, 3.05) is 44.7 Å². The molecule has 134 valence electrons. The maximum atomic E-state index is 12.0. The normalized spacial score (nSPS) is 17.8.